The van der Waals surface area contributed by atoms with Gasteiger partial charge in [0.2, 0.25) is 0 Å². The fourth-order valence-corrected chi connectivity index (χ4v) is 6.00. The van der Waals surface area contributed by atoms with Crippen LogP contribution in [-0.2, 0) is 31.6 Å². The number of aliphatic hydroxyl groups is 2. The number of aliphatic hydroxyl groups excluding tert-OH is 1. The van der Waals surface area contributed by atoms with E-state index in [1.807, 2.05) is 0 Å². The minimum atomic E-state index is -5.81. The molecule has 2 rings (SSSR count). The highest BCUT2D eigenvalue weighted by Crippen LogP contribution is 2.66. The van der Waals surface area contributed by atoms with Crippen molar-refractivity contribution in [2.24, 2.45) is 0 Å². The van der Waals surface area contributed by atoms with Gasteiger partial charge in [0.15, 0.2) is 11.8 Å². The maximum Gasteiger partial charge on any atom is 0.490 e. The molecule has 0 aromatic carbocycles. The lowest BCUT2D eigenvalue weighted by Gasteiger charge is -2.27. The normalized spacial score (nSPS) is 30.0. The smallest absolute Gasteiger partial charge is 0.386 e. The monoisotopic (exact) mass is 537 g/mol. The predicted octanol–water partition coefficient (Wildman–Crippen LogP) is -2.32. The van der Waals surface area contributed by atoms with Crippen molar-refractivity contribution in [2.45, 2.75) is 44.0 Å². The molecule has 0 aliphatic carbocycles. The van der Waals surface area contributed by atoms with E-state index >= 15 is 0 Å². The molecule has 1 aliphatic rings. The first kappa shape index (κ1) is 27.7. The van der Waals surface area contributed by atoms with Crippen molar-refractivity contribution in [1.82, 2.24) is 14.5 Å². The van der Waals surface area contributed by atoms with Crippen molar-refractivity contribution in [1.29, 1.82) is 0 Å². The zero-order chi connectivity index (χ0) is 25.4. The van der Waals surface area contributed by atoms with Crippen molar-refractivity contribution < 1.29 is 61.4 Å². The number of hydrogen-bond donors (Lipinski definition) is 7. The topological polar surface area (TPSA) is 277 Å². The third-order valence-electron chi connectivity index (χ3n) is 3.93. The molecular formula is C12H18N3O15P3. The van der Waals surface area contributed by atoms with Crippen LogP contribution in [0.2, 0.25) is 0 Å². The van der Waals surface area contributed by atoms with Crippen LogP contribution in [0.4, 0.5) is 0 Å². The Hall–Kier alpha value is -1.54. The van der Waals surface area contributed by atoms with Gasteiger partial charge in [-0.3, -0.25) is 14.1 Å². The van der Waals surface area contributed by atoms with Gasteiger partial charge in [0.1, 0.15) is 18.5 Å². The van der Waals surface area contributed by atoms with Crippen LogP contribution in [0.15, 0.2) is 15.9 Å². The van der Waals surface area contributed by atoms with Crippen molar-refractivity contribution >= 4 is 23.5 Å². The number of ether oxygens (including phenoxy) is 1. The third kappa shape index (κ3) is 6.75. The van der Waals surface area contributed by atoms with E-state index in [-0.39, 0.29) is 0 Å². The summed E-state index contributed by atoms with van der Waals surface area (Å²) in [5.74, 6) is 4.51. The van der Waals surface area contributed by atoms with Crippen molar-refractivity contribution in [3.63, 3.8) is 0 Å². The number of phosphoric acid groups is 3. The van der Waals surface area contributed by atoms with E-state index in [2.05, 4.69) is 30.0 Å². The van der Waals surface area contributed by atoms with Crippen LogP contribution in [0, 0.1) is 11.8 Å². The number of aromatic amines is 1. The molecule has 18 nitrogen and oxygen atoms in total. The minimum Gasteiger partial charge on any atom is -0.386 e. The maximum atomic E-state index is 12.1. The fraction of sp³-hybridized carbons (Fsp3) is 0.583. The van der Waals surface area contributed by atoms with E-state index in [4.69, 9.17) is 14.5 Å². The molecule has 33 heavy (non-hydrogen) atoms. The van der Waals surface area contributed by atoms with E-state index in [1.54, 1.807) is 4.98 Å². The Morgan fingerprint density at radius 1 is 1.21 bits per heavy atom. The average molecular weight is 537 g/mol. The summed E-state index contributed by atoms with van der Waals surface area (Å²) in [7, 11) is -17.0. The molecule has 7 atom stereocenters. The van der Waals surface area contributed by atoms with Crippen LogP contribution in [0.1, 0.15) is 20.1 Å². The molecule has 1 saturated heterocycles. The molecule has 2 heterocycles. The summed E-state index contributed by atoms with van der Waals surface area (Å²) in [5, 5.41) is 21.4. The lowest BCUT2D eigenvalue weighted by molar-refractivity contribution is -0.0874. The Labute approximate surface area is 183 Å². The lowest BCUT2D eigenvalue weighted by Crippen LogP contribution is -2.49. The summed E-state index contributed by atoms with van der Waals surface area (Å²) in [5.41, 5.74) is -4.70. The minimum absolute atomic E-state index is 0.562. The molecule has 1 aliphatic heterocycles. The van der Waals surface area contributed by atoms with Gasteiger partial charge in [-0.1, -0.05) is 5.92 Å². The highest BCUT2D eigenvalue weighted by molar-refractivity contribution is 7.66. The summed E-state index contributed by atoms with van der Waals surface area (Å²) in [6.45, 7) is 2.24. The van der Waals surface area contributed by atoms with Crippen LogP contribution >= 0.6 is 23.5 Å². The first-order valence-electron chi connectivity index (χ1n) is 8.40. The number of phosphoric ester groups is 1. The fourth-order valence-electron chi connectivity index (χ4n) is 2.80. The Morgan fingerprint density at radius 3 is 2.33 bits per heavy atom. The molecule has 0 saturated carbocycles. The van der Waals surface area contributed by atoms with E-state index in [1.165, 1.54) is 6.92 Å². The largest absolute Gasteiger partial charge is 0.490 e. The second-order valence-electron chi connectivity index (χ2n) is 6.39. The summed E-state index contributed by atoms with van der Waals surface area (Å²) < 4.78 is 51.8. The van der Waals surface area contributed by atoms with Crippen LogP contribution < -0.4 is 11.4 Å². The first-order chi connectivity index (χ1) is 14.9. The molecule has 1 fully saturated rings. The van der Waals surface area contributed by atoms with Crippen molar-refractivity contribution in [2.75, 3.05) is 0 Å². The zero-order valence-electron chi connectivity index (χ0n) is 16.5. The number of nitrogens with one attached hydrogen (secondary N) is 1. The Kier molecular flexibility index (Phi) is 8.06. The lowest BCUT2D eigenvalue weighted by atomic mass is 9.93. The molecule has 1 aromatic heterocycles. The Balaban J connectivity index is 2.32. The molecule has 7 N–H and O–H groups in total. The first-order valence-corrected chi connectivity index (χ1v) is 12.9. The number of aromatic nitrogens is 3. The number of rotatable bonds is 8. The molecule has 3 unspecified atom stereocenters. The average Bonchev–Trinajstić information content (AvgIpc) is 2.83. The van der Waals surface area contributed by atoms with Gasteiger partial charge in [-0.05, 0) is 13.8 Å². The van der Waals surface area contributed by atoms with Gasteiger partial charge in [0, 0.05) is 0 Å². The molecule has 0 amide bonds. The number of H-pyrrole nitrogens is 1. The van der Waals surface area contributed by atoms with Crippen molar-refractivity contribution in [3.05, 3.63) is 27.3 Å². The second-order valence-corrected chi connectivity index (χ2v) is 10.8. The van der Waals surface area contributed by atoms with E-state index in [0.29, 0.717) is 10.9 Å². The van der Waals surface area contributed by atoms with Crippen LogP contribution in [-0.4, -0.2) is 68.2 Å². The van der Waals surface area contributed by atoms with Gasteiger partial charge in [0.25, 0.3) is 0 Å². The van der Waals surface area contributed by atoms with Gasteiger partial charge in [-0.15, -0.1) is 5.92 Å². The molecular weight excluding hydrogens is 519 g/mol. The summed E-state index contributed by atoms with van der Waals surface area (Å²) in [4.78, 5) is 64.3. The number of hydrogen-bond acceptors (Lipinski definition) is 12. The second kappa shape index (κ2) is 9.61. The maximum absolute atomic E-state index is 12.1. The highest BCUT2D eigenvalue weighted by atomic mass is 31.3. The molecule has 0 radical (unpaired) electrons. The zero-order valence-corrected chi connectivity index (χ0v) is 19.2. The van der Waals surface area contributed by atoms with Gasteiger partial charge >= 0.3 is 34.8 Å². The van der Waals surface area contributed by atoms with E-state index in [0.717, 1.165) is 6.92 Å². The highest BCUT2D eigenvalue weighted by Gasteiger charge is 2.58. The van der Waals surface area contributed by atoms with E-state index in [9.17, 15) is 43.3 Å². The Bertz CT molecular complexity index is 1210. The quantitative estimate of drug-likeness (QED) is 0.135. The number of nitrogens with zero attached hydrogens (tertiary/aromatic N) is 2. The van der Waals surface area contributed by atoms with Crippen LogP contribution in [0.25, 0.3) is 0 Å². The summed E-state index contributed by atoms with van der Waals surface area (Å²) >= 11 is 0. The Morgan fingerprint density at radius 2 is 1.82 bits per heavy atom. The van der Waals surface area contributed by atoms with Gasteiger partial charge < -0.3 is 34.5 Å². The standard InChI is InChI=1S/C12H18N3O15P3/c1-3-4-12(19)8(16)7(27-9(12)15-5-13-10(17)14-11(15)18)6(2)28-32(23,24)30-33(25,26)29-31(20,21)22/h5-9,16,19H,1-2H3,(H,23,24)(H,25,26)(H,14,17,18)(H2,20,21,22)/t6-,7-,8+,9-,12?/m1/s1. The molecule has 1 aromatic rings. The third-order valence-corrected chi connectivity index (χ3v) is 7.85. The summed E-state index contributed by atoms with van der Waals surface area (Å²) in [6.07, 6.45) is -6.71. The molecule has 186 valence electrons. The molecule has 21 heteroatoms. The molecule has 0 spiro atoms. The SMILES string of the molecule is CC#CC1(O)[C@@H](O)[C@@H]([C@@H](C)OP(=O)(O)OP(=O)(O)OP(=O)(O)O)O[C@H]1n1cnc(=O)[nH]c1=O. The van der Waals surface area contributed by atoms with Gasteiger partial charge in [-0.2, -0.15) is 13.6 Å². The van der Waals surface area contributed by atoms with Crippen LogP contribution in [0.5, 0.6) is 0 Å². The predicted molar refractivity (Wildman–Crippen MR) is 102 cm³/mol. The van der Waals surface area contributed by atoms with Gasteiger partial charge in [-0.25, -0.2) is 23.3 Å². The summed E-state index contributed by atoms with van der Waals surface area (Å²) in [6, 6.07) is 0. The van der Waals surface area contributed by atoms with Crippen molar-refractivity contribution in [3.8, 4) is 11.8 Å². The van der Waals surface area contributed by atoms with Gasteiger partial charge in [0.05, 0.1) is 6.10 Å². The van der Waals surface area contributed by atoms with E-state index < -0.39 is 65.0 Å². The van der Waals surface area contributed by atoms with Crippen LogP contribution in [0.3, 0.4) is 0 Å². The molecule has 0 bridgehead atoms.